The zero-order valence-electron chi connectivity index (χ0n) is 16.4. The van der Waals surface area contributed by atoms with Crippen LogP contribution in [0.2, 0.25) is 5.02 Å². The Morgan fingerprint density at radius 2 is 1.90 bits per heavy atom. The maximum absolute atomic E-state index is 12.5. The molecule has 0 unspecified atom stereocenters. The molecule has 1 fully saturated rings. The van der Waals surface area contributed by atoms with Crippen molar-refractivity contribution in [2.45, 2.75) is 24.7 Å². The van der Waals surface area contributed by atoms with Crippen molar-refractivity contribution in [1.29, 1.82) is 0 Å². The number of anilines is 1. The molecule has 3 aromatic rings. The Morgan fingerprint density at radius 3 is 2.66 bits per heavy atom. The number of aryl methyl sites for hydroxylation is 1. The maximum Gasteiger partial charge on any atom is 0.222 e. The van der Waals surface area contributed by atoms with Crippen molar-refractivity contribution in [2.75, 3.05) is 36.8 Å². The van der Waals surface area contributed by atoms with Crippen molar-refractivity contribution in [2.24, 2.45) is 0 Å². The Hall–Kier alpha value is -1.76. The first-order valence-electron chi connectivity index (χ1n) is 9.87. The molecule has 0 saturated carbocycles. The van der Waals surface area contributed by atoms with E-state index in [1.807, 2.05) is 29.2 Å². The summed E-state index contributed by atoms with van der Waals surface area (Å²) < 4.78 is 1.23. The average Bonchev–Trinajstić information content (AvgIpc) is 3.15. The molecule has 29 heavy (non-hydrogen) atoms. The molecule has 1 aromatic heterocycles. The predicted molar refractivity (Wildman–Crippen MR) is 125 cm³/mol. The maximum atomic E-state index is 12.5. The molecule has 1 aliphatic rings. The lowest BCUT2D eigenvalue weighted by Crippen LogP contribution is -2.48. The van der Waals surface area contributed by atoms with Crippen LogP contribution < -0.4 is 4.90 Å². The molecular formula is C22H24ClN3OS2. The molecule has 0 atom stereocenters. The van der Waals surface area contributed by atoms with Gasteiger partial charge in [-0.2, -0.15) is 0 Å². The van der Waals surface area contributed by atoms with Crippen LogP contribution in [0.1, 0.15) is 18.4 Å². The third-order valence-electron chi connectivity index (χ3n) is 5.05. The van der Waals surface area contributed by atoms with Crippen LogP contribution in [0, 0.1) is 6.92 Å². The number of aromatic nitrogens is 1. The van der Waals surface area contributed by atoms with Gasteiger partial charge in [0.25, 0.3) is 0 Å². The summed E-state index contributed by atoms with van der Waals surface area (Å²) in [6, 6.07) is 14.2. The van der Waals surface area contributed by atoms with Crippen molar-refractivity contribution in [3.8, 4) is 0 Å². The highest BCUT2D eigenvalue weighted by atomic mass is 35.5. The molecule has 4 nitrogen and oxygen atoms in total. The standard InChI is InChI=1S/C22H24ClN3OS2/c1-16-4-9-19-20(15-16)29-22(24-19)26-12-10-25(11-13-26)21(27)3-2-14-28-18-7-5-17(23)6-8-18/h4-9,15H,2-3,10-14H2,1H3. The molecule has 1 saturated heterocycles. The van der Waals surface area contributed by atoms with Gasteiger partial charge in [0, 0.05) is 42.5 Å². The predicted octanol–water partition coefficient (Wildman–Crippen LogP) is 5.48. The molecule has 0 spiro atoms. The van der Waals surface area contributed by atoms with Gasteiger partial charge in [0.1, 0.15) is 0 Å². The number of halogens is 1. The number of carbonyl (C=O) groups is 1. The SMILES string of the molecule is Cc1ccc2nc(N3CCN(C(=O)CCCSc4ccc(Cl)cc4)CC3)sc2c1. The Kier molecular flexibility index (Phi) is 6.63. The van der Waals surface area contributed by atoms with Crippen LogP contribution in [-0.2, 0) is 4.79 Å². The first kappa shape index (κ1) is 20.5. The van der Waals surface area contributed by atoms with E-state index < -0.39 is 0 Å². The van der Waals surface area contributed by atoms with Gasteiger partial charge in [-0.3, -0.25) is 4.79 Å². The number of carbonyl (C=O) groups excluding carboxylic acids is 1. The van der Waals surface area contributed by atoms with E-state index in [2.05, 4.69) is 30.0 Å². The fourth-order valence-corrected chi connectivity index (χ4v) is 5.50. The molecule has 2 aromatic carbocycles. The minimum atomic E-state index is 0.265. The van der Waals surface area contributed by atoms with Gasteiger partial charge in [-0.15, -0.1) is 11.8 Å². The van der Waals surface area contributed by atoms with Gasteiger partial charge in [-0.05, 0) is 61.1 Å². The number of hydrogen-bond donors (Lipinski definition) is 0. The third-order valence-corrected chi connectivity index (χ3v) is 7.48. The van der Waals surface area contributed by atoms with Gasteiger partial charge in [0.2, 0.25) is 5.91 Å². The molecule has 2 heterocycles. The number of benzene rings is 2. The minimum absolute atomic E-state index is 0.265. The summed E-state index contributed by atoms with van der Waals surface area (Å²) in [7, 11) is 0. The lowest BCUT2D eigenvalue weighted by molar-refractivity contribution is -0.131. The van der Waals surface area contributed by atoms with Gasteiger partial charge < -0.3 is 9.80 Å². The van der Waals surface area contributed by atoms with Crippen LogP contribution in [0.15, 0.2) is 47.4 Å². The summed E-state index contributed by atoms with van der Waals surface area (Å²) >= 11 is 9.43. The number of nitrogens with zero attached hydrogens (tertiary/aromatic N) is 3. The Balaban J connectivity index is 1.22. The second kappa shape index (κ2) is 9.37. The topological polar surface area (TPSA) is 36.4 Å². The summed E-state index contributed by atoms with van der Waals surface area (Å²) in [5, 5.41) is 1.82. The van der Waals surface area contributed by atoms with E-state index in [4.69, 9.17) is 16.6 Å². The van der Waals surface area contributed by atoms with Crippen molar-refractivity contribution in [3.63, 3.8) is 0 Å². The summed E-state index contributed by atoms with van der Waals surface area (Å²) in [6.45, 7) is 5.36. The second-order valence-electron chi connectivity index (χ2n) is 7.24. The lowest BCUT2D eigenvalue weighted by Gasteiger charge is -2.34. The van der Waals surface area contributed by atoms with Crippen molar-refractivity contribution in [3.05, 3.63) is 53.1 Å². The zero-order chi connectivity index (χ0) is 20.2. The van der Waals surface area contributed by atoms with Gasteiger partial charge in [-0.1, -0.05) is 29.0 Å². The van der Waals surface area contributed by atoms with Crippen molar-refractivity contribution < 1.29 is 4.79 Å². The first-order valence-corrected chi connectivity index (χ1v) is 12.0. The highest BCUT2D eigenvalue weighted by molar-refractivity contribution is 7.99. The molecule has 0 radical (unpaired) electrons. The molecule has 0 N–H and O–H groups in total. The highest BCUT2D eigenvalue weighted by Crippen LogP contribution is 2.30. The van der Waals surface area contributed by atoms with E-state index in [1.54, 1.807) is 23.1 Å². The number of thioether (sulfide) groups is 1. The summed E-state index contributed by atoms with van der Waals surface area (Å²) in [5.41, 5.74) is 2.32. The van der Waals surface area contributed by atoms with E-state index in [0.717, 1.165) is 54.0 Å². The second-order valence-corrected chi connectivity index (χ2v) is 9.86. The molecule has 1 aliphatic heterocycles. The zero-order valence-corrected chi connectivity index (χ0v) is 18.8. The van der Waals surface area contributed by atoms with Crippen LogP contribution in [0.5, 0.6) is 0 Å². The molecule has 4 rings (SSSR count). The van der Waals surface area contributed by atoms with Crippen LogP contribution in [0.25, 0.3) is 10.2 Å². The molecule has 1 amide bonds. The van der Waals surface area contributed by atoms with E-state index >= 15 is 0 Å². The lowest BCUT2D eigenvalue weighted by atomic mass is 10.2. The van der Waals surface area contributed by atoms with Crippen LogP contribution >= 0.6 is 34.7 Å². The normalized spacial score (nSPS) is 14.6. The van der Waals surface area contributed by atoms with Gasteiger partial charge in [-0.25, -0.2) is 4.98 Å². The van der Waals surface area contributed by atoms with E-state index in [9.17, 15) is 4.79 Å². The first-order chi connectivity index (χ1) is 14.1. The Bertz CT molecular complexity index is 981. The number of amides is 1. The summed E-state index contributed by atoms with van der Waals surface area (Å²) in [4.78, 5) is 22.8. The molecular weight excluding hydrogens is 422 g/mol. The quantitative estimate of drug-likeness (QED) is 0.372. The fraction of sp³-hybridized carbons (Fsp3) is 0.364. The van der Waals surface area contributed by atoms with Crippen LogP contribution in [0.3, 0.4) is 0 Å². The van der Waals surface area contributed by atoms with Gasteiger partial charge >= 0.3 is 0 Å². The van der Waals surface area contributed by atoms with Gasteiger partial charge in [0.15, 0.2) is 5.13 Å². The molecule has 152 valence electrons. The average molecular weight is 446 g/mol. The number of thiazole rings is 1. The third kappa shape index (κ3) is 5.24. The van der Waals surface area contributed by atoms with Crippen molar-refractivity contribution in [1.82, 2.24) is 9.88 Å². The summed E-state index contributed by atoms with van der Waals surface area (Å²) in [6.07, 6.45) is 1.50. The summed E-state index contributed by atoms with van der Waals surface area (Å²) in [5.74, 6) is 1.21. The smallest absolute Gasteiger partial charge is 0.222 e. The van der Waals surface area contributed by atoms with E-state index in [1.165, 1.54) is 15.2 Å². The van der Waals surface area contributed by atoms with E-state index in [-0.39, 0.29) is 5.91 Å². The fourth-order valence-electron chi connectivity index (χ4n) is 3.40. The number of piperazine rings is 1. The number of rotatable bonds is 6. The van der Waals surface area contributed by atoms with E-state index in [0.29, 0.717) is 6.42 Å². The monoisotopic (exact) mass is 445 g/mol. The highest BCUT2D eigenvalue weighted by Gasteiger charge is 2.22. The van der Waals surface area contributed by atoms with Crippen LogP contribution in [0.4, 0.5) is 5.13 Å². The minimum Gasteiger partial charge on any atom is -0.345 e. The number of hydrogen-bond acceptors (Lipinski definition) is 5. The largest absolute Gasteiger partial charge is 0.345 e. The molecule has 0 bridgehead atoms. The molecule has 7 heteroatoms. The number of fused-ring (bicyclic) bond motifs is 1. The Morgan fingerprint density at radius 1 is 1.14 bits per heavy atom. The Labute approximate surface area is 184 Å². The molecule has 0 aliphatic carbocycles. The van der Waals surface area contributed by atoms with Crippen LogP contribution in [-0.4, -0.2) is 47.7 Å². The van der Waals surface area contributed by atoms with Crippen molar-refractivity contribution >= 4 is 56.0 Å². The van der Waals surface area contributed by atoms with Gasteiger partial charge in [0.05, 0.1) is 10.2 Å².